The van der Waals surface area contributed by atoms with Crippen LogP contribution in [-0.4, -0.2) is 23.0 Å². The van der Waals surface area contributed by atoms with Crippen LogP contribution in [-0.2, 0) is 17.8 Å². The number of nitrogens with one attached hydrogen (secondary N) is 1. The maximum Gasteiger partial charge on any atom is 0.220 e. The number of nitrogens with zero attached hydrogens (tertiary/aromatic N) is 2. The van der Waals surface area contributed by atoms with Gasteiger partial charge in [0.05, 0.1) is 12.8 Å². The number of aromatic nitrogens is 2. The van der Waals surface area contributed by atoms with Gasteiger partial charge in [-0.05, 0) is 24.6 Å². The van der Waals surface area contributed by atoms with Crippen molar-refractivity contribution in [3.05, 3.63) is 65.4 Å². The minimum absolute atomic E-state index is 0.00170. The summed E-state index contributed by atoms with van der Waals surface area (Å²) in [4.78, 5) is 20.8. The molecule has 0 unspecified atom stereocenters. The first kappa shape index (κ1) is 17.1. The predicted molar refractivity (Wildman–Crippen MR) is 98.5 cm³/mol. The van der Waals surface area contributed by atoms with Gasteiger partial charge < -0.3 is 10.1 Å². The minimum atomic E-state index is 0.00170. The van der Waals surface area contributed by atoms with Crippen molar-refractivity contribution in [3.8, 4) is 16.3 Å². The van der Waals surface area contributed by atoms with Crippen molar-refractivity contribution in [1.82, 2.24) is 15.3 Å². The summed E-state index contributed by atoms with van der Waals surface area (Å²) >= 11 is 1.57. The van der Waals surface area contributed by atoms with Gasteiger partial charge in [0.15, 0.2) is 0 Å². The maximum atomic E-state index is 12.1. The minimum Gasteiger partial charge on any atom is -0.496 e. The summed E-state index contributed by atoms with van der Waals surface area (Å²) in [6, 6.07) is 11.5. The number of methoxy groups -OCH3 is 1. The molecule has 1 N–H and O–H groups in total. The van der Waals surface area contributed by atoms with E-state index in [0.29, 0.717) is 19.4 Å². The summed E-state index contributed by atoms with van der Waals surface area (Å²) in [6.45, 7) is 0.459. The Bertz CT molecular complexity index is 833. The molecule has 0 aliphatic carbocycles. The second-order valence-electron chi connectivity index (χ2n) is 5.47. The van der Waals surface area contributed by atoms with Crippen LogP contribution in [0.3, 0.4) is 0 Å². The third-order valence-corrected chi connectivity index (χ3v) is 4.68. The van der Waals surface area contributed by atoms with E-state index >= 15 is 0 Å². The monoisotopic (exact) mass is 353 g/mol. The second kappa shape index (κ2) is 8.39. The van der Waals surface area contributed by atoms with Gasteiger partial charge in [0.1, 0.15) is 10.8 Å². The lowest BCUT2D eigenvalue weighted by molar-refractivity contribution is -0.121. The molecule has 0 aliphatic heterocycles. The van der Waals surface area contributed by atoms with E-state index in [1.807, 2.05) is 41.8 Å². The van der Waals surface area contributed by atoms with Crippen molar-refractivity contribution < 1.29 is 9.53 Å². The zero-order valence-electron chi connectivity index (χ0n) is 13.9. The normalized spacial score (nSPS) is 10.4. The molecule has 0 saturated heterocycles. The first-order chi connectivity index (χ1) is 12.3. The Hall–Kier alpha value is -2.73. The van der Waals surface area contributed by atoms with Crippen LogP contribution >= 0.6 is 11.3 Å². The quantitative estimate of drug-likeness (QED) is 0.706. The van der Waals surface area contributed by atoms with Crippen molar-refractivity contribution in [3.63, 3.8) is 0 Å². The molecule has 0 atom stereocenters. The van der Waals surface area contributed by atoms with Crippen LogP contribution < -0.4 is 10.1 Å². The number of carbonyl (C=O) groups excluding carboxylic acids is 1. The smallest absolute Gasteiger partial charge is 0.220 e. The van der Waals surface area contributed by atoms with Crippen LogP contribution in [0.25, 0.3) is 10.6 Å². The van der Waals surface area contributed by atoms with Gasteiger partial charge in [-0.15, -0.1) is 11.3 Å². The molecule has 25 heavy (non-hydrogen) atoms. The van der Waals surface area contributed by atoms with Gasteiger partial charge in [-0.25, -0.2) is 4.98 Å². The fourth-order valence-electron chi connectivity index (χ4n) is 2.42. The third kappa shape index (κ3) is 4.64. The van der Waals surface area contributed by atoms with Gasteiger partial charge >= 0.3 is 0 Å². The summed E-state index contributed by atoms with van der Waals surface area (Å²) in [5.41, 5.74) is 2.89. The number of para-hydroxylation sites is 1. The predicted octanol–water partition coefficient (Wildman–Crippen LogP) is 3.46. The Morgan fingerprint density at radius 2 is 2.12 bits per heavy atom. The lowest BCUT2D eigenvalue weighted by Crippen LogP contribution is -2.23. The van der Waals surface area contributed by atoms with Crippen LogP contribution in [0.4, 0.5) is 0 Å². The lowest BCUT2D eigenvalue weighted by Gasteiger charge is -2.09. The van der Waals surface area contributed by atoms with Crippen LogP contribution in [0.2, 0.25) is 0 Å². The highest BCUT2D eigenvalue weighted by atomic mass is 32.1. The molecule has 0 aliphatic rings. The number of carbonyl (C=O) groups is 1. The topological polar surface area (TPSA) is 64.1 Å². The Balaban J connectivity index is 1.50. The van der Waals surface area contributed by atoms with E-state index in [2.05, 4.69) is 15.3 Å². The van der Waals surface area contributed by atoms with E-state index in [-0.39, 0.29) is 5.91 Å². The maximum absolute atomic E-state index is 12.1. The molecule has 3 rings (SSSR count). The molecule has 3 aromatic rings. The molecule has 128 valence electrons. The number of thiazole rings is 1. The molecule has 5 nitrogen and oxygen atoms in total. The van der Waals surface area contributed by atoms with Gasteiger partial charge in [0.25, 0.3) is 0 Å². The number of benzene rings is 1. The highest BCUT2D eigenvalue weighted by Crippen LogP contribution is 2.23. The van der Waals surface area contributed by atoms with Crippen LogP contribution in [0, 0.1) is 0 Å². The van der Waals surface area contributed by atoms with Crippen LogP contribution in [0.15, 0.2) is 54.2 Å². The average molecular weight is 353 g/mol. The number of ether oxygens (including phenoxy) is 1. The van der Waals surface area contributed by atoms with E-state index in [1.165, 1.54) is 0 Å². The highest BCUT2D eigenvalue weighted by molar-refractivity contribution is 7.13. The summed E-state index contributed by atoms with van der Waals surface area (Å²) in [5, 5.41) is 5.85. The highest BCUT2D eigenvalue weighted by Gasteiger charge is 2.08. The van der Waals surface area contributed by atoms with Gasteiger partial charge in [-0.2, -0.15) is 0 Å². The van der Waals surface area contributed by atoms with Crippen molar-refractivity contribution in [2.24, 2.45) is 0 Å². The summed E-state index contributed by atoms with van der Waals surface area (Å²) in [5.74, 6) is 0.783. The number of pyridine rings is 1. The average Bonchev–Trinajstić information content (AvgIpc) is 3.14. The number of hydrogen-bond acceptors (Lipinski definition) is 5. The molecule has 0 bridgehead atoms. The Kier molecular flexibility index (Phi) is 5.74. The van der Waals surface area contributed by atoms with Gasteiger partial charge in [0, 0.05) is 41.9 Å². The molecule has 2 heterocycles. The molecule has 2 aromatic heterocycles. The zero-order valence-corrected chi connectivity index (χ0v) is 14.8. The first-order valence-electron chi connectivity index (χ1n) is 7.99. The van der Waals surface area contributed by atoms with Crippen LogP contribution in [0.5, 0.6) is 5.75 Å². The number of hydrogen-bond donors (Lipinski definition) is 1. The van der Waals surface area contributed by atoms with E-state index in [1.54, 1.807) is 30.8 Å². The van der Waals surface area contributed by atoms with E-state index in [4.69, 9.17) is 4.74 Å². The molecular weight excluding hydrogens is 334 g/mol. The van der Waals surface area contributed by atoms with E-state index in [0.717, 1.165) is 27.6 Å². The second-order valence-corrected chi connectivity index (χ2v) is 6.33. The molecule has 0 spiro atoms. The molecular formula is C19H19N3O2S. The Morgan fingerprint density at radius 1 is 1.24 bits per heavy atom. The Morgan fingerprint density at radius 3 is 2.92 bits per heavy atom. The van der Waals surface area contributed by atoms with Gasteiger partial charge in [-0.3, -0.25) is 9.78 Å². The molecule has 0 radical (unpaired) electrons. The molecule has 6 heteroatoms. The molecule has 0 saturated carbocycles. The van der Waals surface area contributed by atoms with E-state index in [9.17, 15) is 4.79 Å². The van der Waals surface area contributed by atoms with E-state index < -0.39 is 0 Å². The van der Waals surface area contributed by atoms with Gasteiger partial charge in [-0.1, -0.05) is 18.2 Å². The summed E-state index contributed by atoms with van der Waals surface area (Å²) in [6.07, 6.45) is 4.56. The van der Waals surface area contributed by atoms with Gasteiger partial charge in [0.2, 0.25) is 5.91 Å². The van der Waals surface area contributed by atoms with Crippen molar-refractivity contribution in [2.45, 2.75) is 19.4 Å². The molecule has 1 aromatic carbocycles. The van der Waals surface area contributed by atoms with Crippen molar-refractivity contribution in [1.29, 1.82) is 0 Å². The van der Waals surface area contributed by atoms with Crippen LogP contribution in [0.1, 0.15) is 17.7 Å². The van der Waals surface area contributed by atoms with Crippen molar-refractivity contribution in [2.75, 3.05) is 7.11 Å². The zero-order chi connectivity index (χ0) is 17.5. The fourth-order valence-corrected chi connectivity index (χ4v) is 3.26. The van der Waals surface area contributed by atoms with Crippen molar-refractivity contribution >= 4 is 17.2 Å². The summed E-state index contributed by atoms with van der Waals surface area (Å²) in [7, 11) is 1.63. The SMILES string of the molecule is COc1ccccc1CNC(=O)CCc1csc(-c2cccnc2)n1. The molecule has 0 fully saturated rings. The number of rotatable bonds is 7. The fraction of sp³-hybridized carbons (Fsp3) is 0.211. The Labute approximate surface area is 150 Å². The number of amides is 1. The lowest BCUT2D eigenvalue weighted by atomic mass is 10.2. The first-order valence-corrected chi connectivity index (χ1v) is 8.87. The largest absolute Gasteiger partial charge is 0.496 e. The standard InChI is InChI=1S/C19H19N3O2S/c1-24-17-7-3-2-5-14(17)12-21-18(23)9-8-16-13-25-19(22-16)15-6-4-10-20-11-15/h2-7,10-11,13H,8-9,12H2,1H3,(H,21,23). The molecule has 1 amide bonds. The third-order valence-electron chi connectivity index (χ3n) is 3.74. The summed E-state index contributed by atoms with van der Waals surface area (Å²) < 4.78 is 5.29. The number of aryl methyl sites for hydroxylation is 1.